The van der Waals surface area contributed by atoms with Crippen LogP contribution in [-0.2, 0) is 9.84 Å². The SMILES string of the molecule is CC1CN(CC2CCS(=O)(=O)CC2)CCN1. The van der Waals surface area contributed by atoms with Gasteiger partial charge in [-0.3, -0.25) is 0 Å². The van der Waals surface area contributed by atoms with Crippen LogP contribution in [0, 0.1) is 5.92 Å². The van der Waals surface area contributed by atoms with Crippen LogP contribution in [0.1, 0.15) is 19.8 Å². The average molecular weight is 246 g/mol. The van der Waals surface area contributed by atoms with Gasteiger partial charge in [-0.15, -0.1) is 0 Å². The van der Waals surface area contributed by atoms with Gasteiger partial charge in [0.25, 0.3) is 0 Å². The first kappa shape index (κ1) is 12.3. The number of hydrogen-bond donors (Lipinski definition) is 1. The van der Waals surface area contributed by atoms with Gasteiger partial charge >= 0.3 is 0 Å². The van der Waals surface area contributed by atoms with E-state index < -0.39 is 9.84 Å². The molecule has 94 valence electrons. The van der Waals surface area contributed by atoms with E-state index in [1.807, 2.05) is 0 Å². The van der Waals surface area contributed by atoms with Gasteiger partial charge in [0.1, 0.15) is 9.84 Å². The highest BCUT2D eigenvalue weighted by atomic mass is 32.2. The largest absolute Gasteiger partial charge is 0.312 e. The van der Waals surface area contributed by atoms with E-state index in [1.165, 1.54) is 0 Å². The molecule has 2 aliphatic heterocycles. The summed E-state index contributed by atoms with van der Waals surface area (Å²) in [6.07, 6.45) is 1.72. The van der Waals surface area contributed by atoms with Crippen LogP contribution in [0.5, 0.6) is 0 Å². The van der Waals surface area contributed by atoms with Crippen LogP contribution < -0.4 is 5.32 Å². The molecule has 0 saturated carbocycles. The Morgan fingerprint density at radius 2 is 2.00 bits per heavy atom. The number of rotatable bonds is 2. The number of nitrogens with zero attached hydrogens (tertiary/aromatic N) is 1. The molecule has 0 amide bonds. The standard InChI is InChI=1S/C11H22N2O2S/c1-10-8-13(5-4-12-10)9-11-2-6-16(14,15)7-3-11/h10-12H,2-9H2,1H3. The van der Waals surface area contributed by atoms with Gasteiger partial charge in [0.05, 0.1) is 11.5 Å². The predicted octanol–water partition coefficient (Wildman–Crippen LogP) is 0.105. The molecule has 4 nitrogen and oxygen atoms in total. The Balaban J connectivity index is 1.78. The monoisotopic (exact) mass is 246 g/mol. The van der Waals surface area contributed by atoms with Crippen molar-refractivity contribution in [3.05, 3.63) is 0 Å². The molecule has 2 heterocycles. The lowest BCUT2D eigenvalue weighted by molar-refractivity contribution is 0.174. The normalized spacial score (nSPS) is 32.7. The van der Waals surface area contributed by atoms with Crippen LogP contribution in [0.2, 0.25) is 0 Å². The quantitative estimate of drug-likeness (QED) is 0.751. The molecular weight excluding hydrogens is 224 g/mol. The van der Waals surface area contributed by atoms with Crippen molar-refractivity contribution in [1.82, 2.24) is 10.2 Å². The van der Waals surface area contributed by atoms with E-state index in [0.29, 0.717) is 23.5 Å². The molecule has 16 heavy (non-hydrogen) atoms. The maximum absolute atomic E-state index is 11.3. The Labute approximate surface area is 98.3 Å². The van der Waals surface area contributed by atoms with Crippen LogP contribution in [0.25, 0.3) is 0 Å². The second-order valence-corrected chi connectivity index (χ2v) is 7.51. The summed E-state index contributed by atoms with van der Waals surface area (Å²) in [6, 6.07) is 0.570. The lowest BCUT2D eigenvalue weighted by Gasteiger charge is -2.35. The van der Waals surface area contributed by atoms with Crippen LogP contribution in [0.4, 0.5) is 0 Å². The van der Waals surface area contributed by atoms with Crippen molar-refractivity contribution in [2.24, 2.45) is 5.92 Å². The minimum atomic E-state index is -2.70. The lowest BCUT2D eigenvalue weighted by atomic mass is 10.0. The summed E-state index contributed by atoms with van der Waals surface area (Å²) in [5.74, 6) is 1.40. The summed E-state index contributed by atoms with van der Waals surface area (Å²) >= 11 is 0. The number of sulfone groups is 1. The summed E-state index contributed by atoms with van der Waals surface area (Å²) < 4.78 is 22.6. The summed E-state index contributed by atoms with van der Waals surface area (Å²) in [5, 5.41) is 3.42. The maximum Gasteiger partial charge on any atom is 0.150 e. The molecule has 0 bridgehead atoms. The minimum absolute atomic E-state index is 0.402. The van der Waals surface area contributed by atoms with E-state index in [-0.39, 0.29) is 0 Å². The Hall–Kier alpha value is -0.130. The highest BCUT2D eigenvalue weighted by Crippen LogP contribution is 2.20. The van der Waals surface area contributed by atoms with Gasteiger partial charge in [-0.1, -0.05) is 0 Å². The molecule has 0 aromatic rings. The summed E-state index contributed by atoms with van der Waals surface area (Å²) in [4.78, 5) is 2.48. The van der Waals surface area contributed by atoms with E-state index in [1.54, 1.807) is 0 Å². The molecule has 0 radical (unpaired) electrons. The van der Waals surface area contributed by atoms with Gasteiger partial charge in [-0.25, -0.2) is 8.42 Å². The van der Waals surface area contributed by atoms with Crippen molar-refractivity contribution in [2.45, 2.75) is 25.8 Å². The zero-order valence-electron chi connectivity index (χ0n) is 9.98. The molecule has 0 aromatic heterocycles. The first-order valence-electron chi connectivity index (χ1n) is 6.21. The van der Waals surface area contributed by atoms with Crippen LogP contribution >= 0.6 is 0 Å². The van der Waals surface area contributed by atoms with Crippen LogP contribution in [0.3, 0.4) is 0 Å². The Morgan fingerprint density at radius 1 is 1.31 bits per heavy atom. The first-order valence-corrected chi connectivity index (χ1v) is 8.03. The van der Waals surface area contributed by atoms with Crippen LogP contribution in [-0.4, -0.2) is 57.0 Å². The minimum Gasteiger partial charge on any atom is -0.312 e. The van der Waals surface area contributed by atoms with Gasteiger partial charge in [0.2, 0.25) is 0 Å². The topological polar surface area (TPSA) is 49.4 Å². The summed E-state index contributed by atoms with van der Waals surface area (Å²) in [5.41, 5.74) is 0. The average Bonchev–Trinajstić information content (AvgIpc) is 2.21. The van der Waals surface area contributed by atoms with E-state index in [4.69, 9.17) is 0 Å². The van der Waals surface area contributed by atoms with E-state index in [0.717, 1.165) is 39.0 Å². The third kappa shape index (κ3) is 3.43. The molecule has 0 spiro atoms. The van der Waals surface area contributed by atoms with Gasteiger partial charge in [-0.05, 0) is 25.7 Å². The summed E-state index contributed by atoms with van der Waals surface area (Å²) in [7, 11) is -2.70. The molecular formula is C11H22N2O2S. The van der Waals surface area contributed by atoms with Crippen molar-refractivity contribution < 1.29 is 8.42 Å². The second-order valence-electron chi connectivity index (χ2n) is 5.21. The van der Waals surface area contributed by atoms with Crippen molar-refractivity contribution >= 4 is 9.84 Å². The molecule has 2 fully saturated rings. The molecule has 2 saturated heterocycles. The second kappa shape index (κ2) is 5.02. The molecule has 1 N–H and O–H groups in total. The molecule has 0 aromatic carbocycles. The van der Waals surface area contributed by atoms with Crippen molar-refractivity contribution in [1.29, 1.82) is 0 Å². The van der Waals surface area contributed by atoms with Gasteiger partial charge in [0, 0.05) is 32.2 Å². The Morgan fingerprint density at radius 3 is 2.62 bits per heavy atom. The van der Waals surface area contributed by atoms with Crippen molar-refractivity contribution in [3.63, 3.8) is 0 Å². The smallest absolute Gasteiger partial charge is 0.150 e. The molecule has 2 aliphatic rings. The number of nitrogens with one attached hydrogen (secondary N) is 1. The number of piperazine rings is 1. The highest BCUT2D eigenvalue weighted by Gasteiger charge is 2.26. The van der Waals surface area contributed by atoms with E-state index in [2.05, 4.69) is 17.1 Å². The Kier molecular flexibility index (Phi) is 3.87. The fraction of sp³-hybridized carbons (Fsp3) is 1.00. The Bertz CT molecular complexity index is 315. The molecule has 1 unspecified atom stereocenters. The fourth-order valence-corrected chi connectivity index (χ4v) is 4.25. The fourth-order valence-electron chi connectivity index (χ4n) is 2.66. The lowest BCUT2D eigenvalue weighted by Crippen LogP contribution is -2.50. The molecule has 2 rings (SSSR count). The maximum atomic E-state index is 11.3. The van der Waals surface area contributed by atoms with Crippen LogP contribution in [0.15, 0.2) is 0 Å². The highest BCUT2D eigenvalue weighted by molar-refractivity contribution is 7.91. The zero-order chi connectivity index (χ0) is 11.6. The molecule has 0 aliphatic carbocycles. The van der Waals surface area contributed by atoms with Gasteiger partial charge < -0.3 is 10.2 Å². The van der Waals surface area contributed by atoms with E-state index >= 15 is 0 Å². The van der Waals surface area contributed by atoms with Gasteiger partial charge in [0.15, 0.2) is 0 Å². The van der Waals surface area contributed by atoms with E-state index in [9.17, 15) is 8.42 Å². The predicted molar refractivity (Wildman–Crippen MR) is 65.3 cm³/mol. The van der Waals surface area contributed by atoms with Gasteiger partial charge in [-0.2, -0.15) is 0 Å². The van der Waals surface area contributed by atoms with Crippen molar-refractivity contribution in [2.75, 3.05) is 37.7 Å². The zero-order valence-corrected chi connectivity index (χ0v) is 10.8. The third-order valence-corrected chi connectivity index (χ3v) is 5.36. The third-order valence-electron chi connectivity index (χ3n) is 3.64. The molecule has 1 atom stereocenters. The summed E-state index contributed by atoms with van der Waals surface area (Å²) in [6.45, 7) is 6.56. The van der Waals surface area contributed by atoms with Crippen molar-refractivity contribution in [3.8, 4) is 0 Å². The molecule has 5 heteroatoms. The number of hydrogen-bond acceptors (Lipinski definition) is 4. The first-order chi connectivity index (χ1) is 7.55.